The summed E-state index contributed by atoms with van der Waals surface area (Å²) >= 11 is 0. The Morgan fingerprint density at radius 2 is 2.03 bits per heavy atom. The van der Waals surface area contributed by atoms with E-state index in [-0.39, 0.29) is 24.1 Å². The lowest BCUT2D eigenvalue weighted by Crippen LogP contribution is -2.66. The summed E-state index contributed by atoms with van der Waals surface area (Å²) in [5.74, 6) is 0.601. The zero-order chi connectivity index (χ0) is 24.0. The van der Waals surface area contributed by atoms with Crippen molar-refractivity contribution in [1.82, 2.24) is 25.5 Å². The van der Waals surface area contributed by atoms with E-state index in [1.54, 1.807) is 6.20 Å². The van der Waals surface area contributed by atoms with Crippen LogP contribution in [-0.2, 0) is 28.9 Å². The molecule has 34 heavy (non-hydrogen) atoms. The molecule has 10 heteroatoms. The van der Waals surface area contributed by atoms with Crippen molar-refractivity contribution in [3.63, 3.8) is 0 Å². The van der Waals surface area contributed by atoms with E-state index in [1.807, 2.05) is 29.3 Å². The van der Waals surface area contributed by atoms with Crippen molar-refractivity contribution in [2.75, 3.05) is 18.0 Å². The Labute approximate surface area is 196 Å². The minimum atomic E-state index is -0.570. The highest BCUT2D eigenvalue weighted by Crippen LogP contribution is 2.38. The molecule has 0 radical (unpaired) electrons. The lowest BCUT2D eigenvalue weighted by atomic mass is 9.73. The van der Waals surface area contributed by atoms with Crippen LogP contribution in [0.2, 0.25) is 0 Å². The van der Waals surface area contributed by atoms with Gasteiger partial charge < -0.3 is 15.3 Å². The monoisotopic (exact) mass is 459 g/mol. The maximum absolute atomic E-state index is 13.5. The van der Waals surface area contributed by atoms with E-state index in [4.69, 9.17) is 9.90 Å². The Bertz CT molecular complexity index is 1180. The van der Waals surface area contributed by atoms with Crippen LogP contribution in [0.1, 0.15) is 28.9 Å². The Hall–Kier alpha value is -4.26. The summed E-state index contributed by atoms with van der Waals surface area (Å²) in [6.07, 6.45) is 8.21. The van der Waals surface area contributed by atoms with E-state index in [9.17, 15) is 10.1 Å². The number of nitrogens with one attached hydrogen (secondary N) is 2. The minimum Gasteiger partial charge on any atom is -0.483 e. The summed E-state index contributed by atoms with van der Waals surface area (Å²) in [6, 6.07) is 12.3. The number of H-pyrrole nitrogens is 1. The van der Waals surface area contributed by atoms with Crippen molar-refractivity contribution in [3.05, 3.63) is 71.4 Å². The van der Waals surface area contributed by atoms with Gasteiger partial charge in [-0.3, -0.25) is 14.7 Å². The van der Waals surface area contributed by atoms with Crippen molar-refractivity contribution in [2.24, 2.45) is 5.41 Å². The number of nitrogens with zero attached hydrogens (tertiary/aromatic N) is 5. The fraction of sp³-hybridized carbons (Fsp3) is 0.333. The number of rotatable bonds is 5. The van der Waals surface area contributed by atoms with Gasteiger partial charge in [0.25, 0.3) is 6.47 Å². The van der Waals surface area contributed by atoms with Crippen molar-refractivity contribution in [2.45, 2.75) is 31.7 Å². The second kappa shape index (κ2) is 10.1. The van der Waals surface area contributed by atoms with Gasteiger partial charge in [0, 0.05) is 43.6 Å². The first-order valence-electron chi connectivity index (χ1n) is 11.0. The van der Waals surface area contributed by atoms with Crippen LogP contribution in [0.3, 0.4) is 0 Å². The first-order chi connectivity index (χ1) is 16.6. The van der Waals surface area contributed by atoms with E-state index in [0.717, 1.165) is 30.5 Å². The minimum absolute atomic E-state index is 0.0583. The molecule has 10 nitrogen and oxygen atoms in total. The summed E-state index contributed by atoms with van der Waals surface area (Å²) in [4.78, 5) is 32.3. The number of fused-ring (bicyclic) bond motifs is 1. The molecule has 1 aliphatic heterocycles. The van der Waals surface area contributed by atoms with E-state index >= 15 is 0 Å². The Morgan fingerprint density at radius 3 is 2.76 bits per heavy atom. The van der Waals surface area contributed by atoms with Gasteiger partial charge in [0.05, 0.1) is 11.6 Å². The summed E-state index contributed by atoms with van der Waals surface area (Å²) < 4.78 is 0. The number of carbonyl (C=O) groups excluding carboxylic acids is 1. The number of hydrogen-bond acceptors (Lipinski definition) is 7. The quantitative estimate of drug-likeness (QED) is 0.486. The molecule has 1 saturated heterocycles. The first-order valence-corrected chi connectivity index (χ1v) is 11.0. The molecule has 0 bridgehead atoms. The van der Waals surface area contributed by atoms with Gasteiger partial charge in [0.1, 0.15) is 6.07 Å². The molecule has 3 heterocycles. The smallest absolute Gasteiger partial charge is 0.290 e. The number of hydrogen-bond donors (Lipinski definition) is 3. The van der Waals surface area contributed by atoms with Crippen LogP contribution in [0.25, 0.3) is 0 Å². The molecular weight excluding hydrogens is 434 g/mol. The van der Waals surface area contributed by atoms with Crippen LogP contribution in [0.4, 0.5) is 5.82 Å². The SMILES string of the molecule is N#Cc1nccnc1N1CC(Cc2ccccc2)(C(=O)NC2CCc3cn[nH]c3C2)C1.O=CO. The van der Waals surface area contributed by atoms with E-state index in [2.05, 4.69) is 43.7 Å². The van der Waals surface area contributed by atoms with Gasteiger partial charge >= 0.3 is 0 Å². The number of aromatic nitrogens is 4. The highest BCUT2D eigenvalue weighted by molar-refractivity contribution is 5.87. The van der Waals surface area contributed by atoms with Crippen LogP contribution in [-0.4, -0.2) is 56.8 Å². The van der Waals surface area contributed by atoms with Gasteiger partial charge in [0.2, 0.25) is 5.91 Å². The molecule has 0 spiro atoms. The Balaban J connectivity index is 0.000000868. The third-order valence-electron chi connectivity index (χ3n) is 6.29. The molecule has 1 amide bonds. The molecule has 3 aromatic rings. The number of amides is 1. The molecule has 2 aliphatic rings. The van der Waals surface area contributed by atoms with Crippen molar-refractivity contribution < 1.29 is 14.7 Å². The molecule has 5 rings (SSSR count). The summed E-state index contributed by atoms with van der Waals surface area (Å²) in [6.45, 7) is 0.756. The summed E-state index contributed by atoms with van der Waals surface area (Å²) in [5.41, 5.74) is 3.19. The Kier molecular flexibility index (Phi) is 6.82. The van der Waals surface area contributed by atoms with Crippen LogP contribution in [0, 0.1) is 16.7 Å². The Morgan fingerprint density at radius 1 is 1.29 bits per heavy atom. The van der Waals surface area contributed by atoms with Crippen LogP contribution >= 0.6 is 0 Å². The molecular formula is C24H25N7O3. The van der Waals surface area contributed by atoms with Gasteiger partial charge in [-0.25, -0.2) is 9.97 Å². The molecule has 1 aliphatic carbocycles. The maximum Gasteiger partial charge on any atom is 0.290 e. The predicted molar refractivity (Wildman–Crippen MR) is 123 cm³/mol. The average Bonchev–Trinajstić information content (AvgIpc) is 3.30. The topological polar surface area (TPSA) is 148 Å². The lowest BCUT2D eigenvalue weighted by Gasteiger charge is -2.50. The highest BCUT2D eigenvalue weighted by Gasteiger charge is 2.50. The van der Waals surface area contributed by atoms with Crippen LogP contribution < -0.4 is 10.2 Å². The standard InChI is InChI=1S/C23H23N7O.CH2O2/c24-12-20-21(26-9-8-25-20)30-14-23(15-30,11-16-4-2-1-3-5-16)22(31)28-18-7-6-17-13-27-29-19(17)10-18;2-1-3/h1-5,8-9,13,18H,6-7,10-11,14-15H2,(H,27,29)(H,28,31);1H,(H,2,3). The van der Waals surface area contributed by atoms with E-state index < -0.39 is 5.41 Å². The fourth-order valence-electron chi connectivity index (χ4n) is 4.67. The summed E-state index contributed by atoms with van der Waals surface area (Å²) in [7, 11) is 0. The second-order valence-electron chi connectivity index (χ2n) is 8.53. The predicted octanol–water partition coefficient (Wildman–Crippen LogP) is 1.49. The largest absolute Gasteiger partial charge is 0.483 e. The highest BCUT2D eigenvalue weighted by atomic mass is 16.3. The third kappa shape index (κ3) is 4.73. The molecule has 1 unspecified atom stereocenters. The molecule has 2 aromatic heterocycles. The van der Waals surface area contributed by atoms with E-state index in [1.165, 1.54) is 11.8 Å². The molecule has 1 aromatic carbocycles. The van der Waals surface area contributed by atoms with Gasteiger partial charge in [-0.1, -0.05) is 30.3 Å². The number of aromatic amines is 1. The second-order valence-corrected chi connectivity index (χ2v) is 8.53. The molecule has 0 saturated carbocycles. The zero-order valence-corrected chi connectivity index (χ0v) is 18.5. The van der Waals surface area contributed by atoms with Crippen LogP contribution in [0.15, 0.2) is 48.9 Å². The van der Waals surface area contributed by atoms with Crippen LogP contribution in [0.5, 0.6) is 0 Å². The zero-order valence-electron chi connectivity index (χ0n) is 18.5. The lowest BCUT2D eigenvalue weighted by molar-refractivity contribution is -0.133. The van der Waals surface area contributed by atoms with Gasteiger partial charge in [-0.05, 0) is 30.4 Å². The van der Waals surface area contributed by atoms with Crippen molar-refractivity contribution in [1.29, 1.82) is 5.26 Å². The van der Waals surface area contributed by atoms with E-state index in [0.29, 0.717) is 25.3 Å². The first kappa shape index (κ1) is 22.9. The fourth-order valence-corrected chi connectivity index (χ4v) is 4.67. The number of nitriles is 1. The number of carbonyl (C=O) groups is 2. The van der Waals surface area contributed by atoms with Gasteiger partial charge in [-0.15, -0.1) is 0 Å². The number of anilines is 1. The number of aryl methyl sites for hydroxylation is 1. The molecule has 1 atom stereocenters. The van der Waals surface area contributed by atoms with Crippen molar-refractivity contribution >= 4 is 18.2 Å². The van der Waals surface area contributed by atoms with Gasteiger partial charge in [-0.2, -0.15) is 10.4 Å². The number of benzene rings is 1. The van der Waals surface area contributed by atoms with Gasteiger partial charge in [0.15, 0.2) is 11.5 Å². The summed E-state index contributed by atoms with van der Waals surface area (Å²) in [5, 5.41) is 26.7. The molecule has 3 N–H and O–H groups in total. The third-order valence-corrected chi connectivity index (χ3v) is 6.29. The average molecular weight is 460 g/mol. The van der Waals surface area contributed by atoms with Crippen molar-refractivity contribution in [3.8, 4) is 6.07 Å². The molecule has 1 fully saturated rings. The molecule has 174 valence electrons. The number of carboxylic acid groups (broad SMARTS) is 1. The maximum atomic E-state index is 13.5. The normalized spacial score (nSPS) is 17.7.